The number of amides is 2. The van der Waals surface area contributed by atoms with Crippen LogP contribution in [0.4, 0.5) is 5.69 Å². The molecule has 0 saturated carbocycles. The Morgan fingerprint density at radius 1 is 0.822 bits per heavy atom. The van der Waals surface area contributed by atoms with Crippen LogP contribution in [-0.4, -0.2) is 51.4 Å². The van der Waals surface area contributed by atoms with Gasteiger partial charge in [0.2, 0.25) is 11.8 Å². The highest BCUT2D eigenvalue weighted by Crippen LogP contribution is 2.27. The summed E-state index contributed by atoms with van der Waals surface area (Å²) in [6, 6.07) is 29.4. The molecule has 0 aliphatic heterocycles. The van der Waals surface area contributed by atoms with Gasteiger partial charge in [-0.25, -0.2) is 8.42 Å². The molecule has 0 spiro atoms. The minimum atomic E-state index is -4.15. The van der Waals surface area contributed by atoms with Gasteiger partial charge < -0.3 is 15.0 Å². The Bertz CT molecular complexity index is 1670. The zero-order chi connectivity index (χ0) is 32.4. The third-order valence-corrected chi connectivity index (χ3v) is 9.20. The fourth-order valence-electron chi connectivity index (χ4n) is 5.23. The third-order valence-electron chi connectivity index (χ3n) is 7.41. The van der Waals surface area contributed by atoms with Gasteiger partial charge in [0, 0.05) is 19.5 Å². The van der Waals surface area contributed by atoms with Gasteiger partial charge in [-0.3, -0.25) is 13.9 Å². The predicted octanol–water partition coefficient (Wildman–Crippen LogP) is 5.67. The number of carbonyl (C=O) groups is 2. The van der Waals surface area contributed by atoms with E-state index >= 15 is 0 Å². The zero-order valence-electron chi connectivity index (χ0n) is 26.3. The van der Waals surface area contributed by atoms with Crippen LogP contribution < -0.4 is 14.4 Å². The number of carbonyl (C=O) groups excluding carboxylic acids is 2. The van der Waals surface area contributed by atoms with Crippen molar-refractivity contribution in [3.8, 4) is 5.75 Å². The molecule has 0 radical (unpaired) electrons. The summed E-state index contributed by atoms with van der Waals surface area (Å²) < 4.78 is 34.9. The maximum absolute atomic E-state index is 14.6. The predicted molar refractivity (Wildman–Crippen MR) is 178 cm³/mol. The van der Waals surface area contributed by atoms with E-state index in [1.54, 1.807) is 43.5 Å². The van der Waals surface area contributed by atoms with E-state index in [9.17, 15) is 18.0 Å². The van der Waals surface area contributed by atoms with E-state index in [0.29, 0.717) is 18.0 Å². The molecule has 236 valence electrons. The summed E-state index contributed by atoms with van der Waals surface area (Å²) in [4.78, 5) is 29.9. The van der Waals surface area contributed by atoms with E-state index in [-0.39, 0.29) is 23.8 Å². The maximum Gasteiger partial charge on any atom is 0.264 e. The number of benzene rings is 4. The van der Waals surface area contributed by atoms with Crippen LogP contribution in [0.5, 0.6) is 5.75 Å². The molecule has 0 heterocycles. The number of methoxy groups -OCH3 is 1. The quantitative estimate of drug-likeness (QED) is 0.194. The molecule has 0 aliphatic carbocycles. The van der Waals surface area contributed by atoms with E-state index in [1.165, 1.54) is 17.0 Å². The number of nitrogens with zero attached hydrogens (tertiary/aromatic N) is 2. The Morgan fingerprint density at radius 3 is 2.07 bits per heavy atom. The molecule has 0 unspecified atom stereocenters. The number of sulfonamides is 1. The lowest BCUT2D eigenvalue weighted by Gasteiger charge is -2.34. The van der Waals surface area contributed by atoms with Gasteiger partial charge in [0.25, 0.3) is 10.0 Å². The lowest BCUT2D eigenvalue weighted by Crippen LogP contribution is -2.53. The van der Waals surface area contributed by atoms with Crippen molar-refractivity contribution in [2.45, 2.75) is 51.1 Å². The first-order valence-electron chi connectivity index (χ1n) is 15.0. The third kappa shape index (κ3) is 8.73. The molecular weight excluding hydrogens is 586 g/mol. The molecule has 0 saturated heterocycles. The van der Waals surface area contributed by atoms with Crippen molar-refractivity contribution in [2.75, 3.05) is 24.5 Å². The number of hydrogen-bond donors (Lipinski definition) is 1. The Balaban J connectivity index is 1.82. The summed E-state index contributed by atoms with van der Waals surface area (Å²) in [5, 5.41) is 2.96. The fourth-order valence-corrected chi connectivity index (χ4v) is 6.65. The largest absolute Gasteiger partial charge is 0.497 e. The van der Waals surface area contributed by atoms with Crippen molar-refractivity contribution >= 4 is 27.5 Å². The summed E-state index contributed by atoms with van der Waals surface area (Å²) in [7, 11) is -2.59. The molecule has 45 heavy (non-hydrogen) atoms. The molecular formula is C36H41N3O5S. The molecule has 8 nitrogen and oxygen atoms in total. The maximum atomic E-state index is 14.6. The first kappa shape index (κ1) is 33.3. The van der Waals surface area contributed by atoms with Crippen LogP contribution >= 0.6 is 0 Å². The smallest absolute Gasteiger partial charge is 0.264 e. The Labute approximate surface area is 266 Å². The molecule has 0 fully saturated rings. The highest BCUT2D eigenvalue weighted by molar-refractivity contribution is 7.92. The second kappa shape index (κ2) is 15.4. The number of anilines is 1. The van der Waals surface area contributed by atoms with Gasteiger partial charge in [0.1, 0.15) is 18.3 Å². The van der Waals surface area contributed by atoms with Gasteiger partial charge in [-0.05, 0) is 78.9 Å². The van der Waals surface area contributed by atoms with E-state index in [0.717, 1.165) is 33.0 Å². The molecule has 1 atom stereocenters. The average molecular weight is 628 g/mol. The average Bonchev–Trinajstić information content (AvgIpc) is 3.04. The Kier molecular flexibility index (Phi) is 11.4. The highest BCUT2D eigenvalue weighted by Gasteiger charge is 2.34. The second-order valence-corrected chi connectivity index (χ2v) is 12.9. The van der Waals surface area contributed by atoms with Crippen molar-refractivity contribution in [2.24, 2.45) is 0 Å². The summed E-state index contributed by atoms with van der Waals surface area (Å²) in [6.07, 6.45) is 0.977. The van der Waals surface area contributed by atoms with Gasteiger partial charge in [-0.2, -0.15) is 0 Å². The summed E-state index contributed by atoms with van der Waals surface area (Å²) in [5.41, 5.74) is 3.72. The number of ether oxygens (including phenoxy) is 1. The van der Waals surface area contributed by atoms with Crippen molar-refractivity contribution in [1.82, 2.24) is 10.2 Å². The van der Waals surface area contributed by atoms with Gasteiger partial charge >= 0.3 is 0 Å². The molecule has 9 heteroatoms. The standard InChI is InChI=1S/C36H41N3O5S/c1-5-19-37-36(41)34(24-29-13-8-6-9-14-29)38(25-30-15-12-16-32(23-30)44-4)35(40)26-39(31-21-27(2)20-28(3)22-31)45(42,43)33-17-10-7-11-18-33/h6-18,20-23,34H,5,19,24-26H2,1-4H3,(H,37,41)/t34-/m0/s1. The van der Waals surface area contributed by atoms with Gasteiger partial charge in [0.05, 0.1) is 17.7 Å². The second-order valence-electron chi connectivity index (χ2n) is 11.0. The Morgan fingerprint density at radius 2 is 1.44 bits per heavy atom. The van der Waals surface area contributed by atoms with Crippen LogP contribution in [-0.2, 0) is 32.6 Å². The number of aryl methyl sites for hydroxylation is 2. The molecule has 0 bridgehead atoms. The van der Waals surface area contributed by atoms with E-state index < -0.39 is 28.5 Å². The number of hydrogen-bond acceptors (Lipinski definition) is 5. The minimum Gasteiger partial charge on any atom is -0.497 e. The van der Waals surface area contributed by atoms with Crippen molar-refractivity contribution < 1.29 is 22.7 Å². The topological polar surface area (TPSA) is 96.0 Å². The molecule has 4 rings (SSSR count). The molecule has 2 amide bonds. The van der Waals surface area contributed by atoms with Gasteiger partial charge in [-0.1, -0.05) is 73.7 Å². The van der Waals surface area contributed by atoms with Crippen LogP contribution in [0.15, 0.2) is 108 Å². The molecule has 1 N–H and O–H groups in total. The first-order valence-corrected chi connectivity index (χ1v) is 16.5. The normalized spacial score (nSPS) is 11.8. The zero-order valence-corrected chi connectivity index (χ0v) is 27.1. The molecule has 0 aliphatic rings. The van der Waals surface area contributed by atoms with E-state index in [2.05, 4.69) is 5.32 Å². The van der Waals surface area contributed by atoms with Crippen molar-refractivity contribution in [3.63, 3.8) is 0 Å². The SMILES string of the molecule is CCCNC(=O)[C@H](Cc1ccccc1)N(Cc1cccc(OC)c1)C(=O)CN(c1cc(C)cc(C)c1)S(=O)(=O)c1ccccc1. The Hall–Kier alpha value is -4.63. The van der Waals surface area contributed by atoms with Crippen molar-refractivity contribution in [3.05, 3.63) is 125 Å². The number of nitrogens with one attached hydrogen (secondary N) is 1. The van der Waals surface area contributed by atoms with E-state index in [4.69, 9.17) is 4.74 Å². The summed E-state index contributed by atoms with van der Waals surface area (Å²) in [5.74, 6) is -0.205. The number of rotatable bonds is 14. The monoisotopic (exact) mass is 627 g/mol. The highest BCUT2D eigenvalue weighted by atomic mass is 32.2. The van der Waals surface area contributed by atoms with Crippen LogP contribution in [0.25, 0.3) is 0 Å². The molecule has 0 aromatic heterocycles. The first-order chi connectivity index (χ1) is 21.6. The van der Waals surface area contributed by atoms with Crippen molar-refractivity contribution in [1.29, 1.82) is 0 Å². The van der Waals surface area contributed by atoms with Crippen LogP contribution in [0.2, 0.25) is 0 Å². The van der Waals surface area contributed by atoms with E-state index in [1.807, 2.05) is 75.4 Å². The molecule has 4 aromatic rings. The summed E-state index contributed by atoms with van der Waals surface area (Å²) >= 11 is 0. The van der Waals surface area contributed by atoms with Gasteiger partial charge in [0.15, 0.2) is 0 Å². The lowest BCUT2D eigenvalue weighted by atomic mass is 10.0. The lowest BCUT2D eigenvalue weighted by molar-refractivity contribution is -0.140. The fraction of sp³-hybridized carbons (Fsp3) is 0.278. The van der Waals surface area contributed by atoms with Crippen LogP contribution in [0.1, 0.15) is 35.6 Å². The van der Waals surface area contributed by atoms with Crippen LogP contribution in [0.3, 0.4) is 0 Å². The van der Waals surface area contributed by atoms with Crippen LogP contribution in [0, 0.1) is 13.8 Å². The summed E-state index contributed by atoms with van der Waals surface area (Å²) in [6.45, 7) is 5.74. The molecule has 4 aromatic carbocycles. The van der Waals surface area contributed by atoms with Gasteiger partial charge in [-0.15, -0.1) is 0 Å². The minimum absolute atomic E-state index is 0.0674.